The van der Waals surface area contributed by atoms with Crippen LogP contribution in [0.4, 0.5) is 0 Å². The van der Waals surface area contributed by atoms with Crippen LogP contribution in [-0.2, 0) is 6.54 Å². The third-order valence-electron chi connectivity index (χ3n) is 2.75. The maximum atomic E-state index is 12.1. The zero-order valence-electron chi connectivity index (χ0n) is 10.2. The monoisotopic (exact) mass is 280 g/mol. The molecule has 1 aromatic heterocycles. The standard InChI is InChI=1S/C13H13ClN2OS/c1-9-12(14)7-15-16(9)8-13(17)10-3-5-11(18-2)6-4-10/h3-7H,8H2,1-2H3. The number of carbonyl (C=O) groups is 1. The van der Waals surface area contributed by atoms with Crippen LogP contribution in [0.2, 0.25) is 5.02 Å². The van der Waals surface area contributed by atoms with Gasteiger partial charge in [-0.15, -0.1) is 11.8 Å². The van der Waals surface area contributed by atoms with Crippen molar-refractivity contribution in [1.29, 1.82) is 0 Å². The van der Waals surface area contributed by atoms with Gasteiger partial charge in [0, 0.05) is 10.5 Å². The summed E-state index contributed by atoms with van der Waals surface area (Å²) in [6.07, 6.45) is 3.56. The second kappa shape index (κ2) is 5.59. The van der Waals surface area contributed by atoms with Crippen LogP contribution >= 0.6 is 23.4 Å². The normalized spacial score (nSPS) is 10.6. The third kappa shape index (κ3) is 2.76. The van der Waals surface area contributed by atoms with E-state index in [1.54, 1.807) is 22.6 Å². The van der Waals surface area contributed by atoms with Crippen LogP contribution < -0.4 is 0 Å². The molecule has 0 aliphatic rings. The van der Waals surface area contributed by atoms with Crippen LogP contribution in [0.15, 0.2) is 35.4 Å². The Bertz CT molecular complexity index is 563. The van der Waals surface area contributed by atoms with E-state index in [-0.39, 0.29) is 12.3 Å². The average molecular weight is 281 g/mol. The first-order valence-corrected chi connectivity index (χ1v) is 7.07. The summed E-state index contributed by atoms with van der Waals surface area (Å²) in [5.74, 6) is 0.0329. The predicted octanol–water partition coefficient (Wildman–Crippen LogP) is 3.45. The number of thioether (sulfide) groups is 1. The maximum absolute atomic E-state index is 12.1. The number of ketones is 1. The Kier molecular flexibility index (Phi) is 4.09. The van der Waals surface area contributed by atoms with Crippen LogP contribution in [0.3, 0.4) is 0 Å². The molecule has 5 heteroatoms. The molecule has 0 amide bonds. The maximum Gasteiger partial charge on any atom is 0.184 e. The van der Waals surface area contributed by atoms with E-state index in [4.69, 9.17) is 11.6 Å². The Hall–Kier alpha value is -1.26. The summed E-state index contributed by atoms with van der Waals surface area (Å²) in [6.45, 7) is 2.07. The van der Waals surface area contributed by atoms with Crippen LogP contribution in [-0.4, -0.2) is 21.8 Å². The topological polar surface area (TPSA) is 34.9 Å². The molecular formula is C13H13ClN2OS. The Morgan fingerprint density at radius 2 is 2.06 bits per heavy atom. The molecule has 0 bridgehead atoms. The first kappa shape index (κ1) is 13.2. The Morgan fingerprint density at radius 1 is 1.39 bits per heavy atom. The van der Waals surface area contributed by atoms with Gasteiger partial charge in [0.15, 0.2) is 5.78 Å². The van der Waals surface area contributed by atoms with Gasteiger partial charge in [0.25, 0.3) is 0 Å². The molecule has 1 aromatic carbocycles. The van der Waals surface area contributed by atoms with Crippen molar-refractivity contribution in [2.75, 3.05) is 6.26 Å². The summed E-state index contributed by atoms with van der Waals surface area (Å²) in [5, 5.41) is 4.66. The van der Waals surface area contributed by atoms with Gasteiger partial charge in [-0.2, -0.15) is 5.10 Å². The predicted molar refractivity (Wildman–Crippen MR) is 74.5 cm³/mol. The van der Waals surface area contributed by atoms with E-state index in [1.165, 1.54) is 0 Å². The van der Waals surface area contributed by atoms with Crippen molar-refractivity contribution in [3.05, 3.63) is 46.7 Å². The summed E-state index contributed by atoms with van der Waals surface area (Å²) in [7, 11) is 0. The van der Waals surface area contributed by atoms with Gasteiger partial charge in [0.1, 0.15) is 6.54 Å². The van der Waals surface area contributed by atoms with Crippen LogP contribution in [0.5, 0.6) is 0 Å². The number of hydrogen-bond donors (Lipinski definition) is 0. The smallest absolute Gasteiger partial charge is 0.184 e. The molecule has 0 atom stereocenters. The molecule has 3 nitrogen and oxygen atoms in total. The molecule has 18 heavy (non-hydrogen) atoms. The van der Waals surface area contributed by atoms with Crippen molar-refractivity contribution in [3.8, 4) is 0 Å². The van der Waals surface area contributed by atoms with Crippen molar-refractivity contribution in [1.82, 2.24) is 9.78 Å². The molecule has 2 aromatic rings. The highest BCUT2D eigenvalue weighted by Gasteiger charge is 2.10. The van der Waals surface area contributed by atoms with Gasteiger partial charge < -0.3 is 0 Å². The number of carbonyl (C=O) groups excluding carboxylic acids is 1. The van der Waals surface area contributed by atoms with E-state index >= 15 is 0 Å². The molecule has 2 rings (SSSR count). The molecule has 0 N–H and O–H groups in total. The van der Waals surface area contributed by atoms with E-state index in [1.807, 2.05) is 37.4 Å². The Balaban J connectivity index is 2.14. The van der Waals surface area contributed by atoms with Gasteiger partial charge in [-0.25, -0.2) is 0 Å². The lowest BCUT2D eigenvalue weighted by molar-refractivity contribution is 0.0967. The van der Waals surface area contributed by atoms with Gasteiger partial charge in [-0.3, -0.25) is 9.48 Å². The van der Waals surface area contributed by atoms with Crippen LogP contribution in [0, 0.1) is 6.92 Å². The molecule has 0 saturated carbocycles. The summed E-state index contributed by atoms with van der Waals surface area (Å²) in [4.78, 5) is 13.2. The zero-order valence-corrected chi connectivity index (χ0v) is 11.8. The van der Waals surface area contributed by atoms with E-state index < -0.39 is 0 Å². The van der Waals surface area contributed by atoms with Crippen molar-refractivity contribution >= 4 is 29.1 Å². The second-order valence-corrected chi connectivity index (χ2v) is 5.17. The molecular weight excluding hydrogens is 268 g/mol. The van der Waals surface area contributed by atoms with Crippen LogP contribution in [0.1, 0.15) is 16.1 Å². The number of rotatable bonds is 4. The lowest BCUT2D eigenvalue weighted by Gasteiger charge is -2.04. The fourth-order valence-corrected chi connectivity index (χ4v) is 2.14. The van der Waals surface area contributed by atoms with Crippen LogP contribution in [0.25, 0.3) is 0 Å². The number of Topliss-reactive ketones (excluding diaryl/α,β-unsaturated/α-hetero) is 1. The molecule has 0 aliphatic heterocycles. The number of benzene rings is 1. The Morgan fingerprint density at radius 3 is 2.56 bits per heavy atom. The quantitative estimate of drug-likeness (QED) is 0.635. The largest absolute Gasteiger partial charge is 0.292 e. The molecule has 0 aliphatic carbocycles. The minimum absolute atomic E-state index is 0.0329. The summed E-state index contributed by atoms with van der Waals surface area (Å²) >= 11 is 7.55. The fraction of sp³-hybridized carbons (Fsp3) is 0.231. The highest BCUT2D eigenvalue weighted by atomic mass is 35.5. The van der Waals surface area contributed by atoms with E-state index in [9.17, 15) is 4.79 Å². The summed E-state index contributed by atoms with van der Waals surface area (Å²) < 4.78 is 1.62. The van der Waals surface area contributed by atoms with Crippen molar-refractivity contribution < 1.29 is 4.79 Å². The van der Waals surface area contributed by atoms with Gasteiger partial charge in [0.05, 0.1) is 16.9 Å². The fourth-order valence-electron chi connectivity index (χ4n) is 1.59. The lowest BCUT2D eigenvalue weighted by atomic mass is 10.1. The molecule has 0 radical (unpaired) electrons. The number of nitrogens with zero attached hydrogens (tertiary/aromatic N) is 2. The second-order valence-electron chi connectivity index (χ2n) is 3.89. The van der Waals surface area contributed by atoms with E-state index in [2.05, 4.69) is 5.10 Å². The zero-order chi connectivity index (χ0) is 13.1. The molecule has 0 unspecified atom stereocenters. The van der Waals surface area contributed by atoms with E-state index in [0.717, 1.165) is 10.6 Å². The first-order chi connectivity index (χ1) is 8.61. The molecule has 0 spiro atoms. The highest BCUT2D eigenvalue weighted by molar-refractivity contribution is 7.98. The summed E-state index contributed by atoms with van der Waals surface area (Å²) in [6, 6.07) is 7.57. The molecule has 0 fully saturated rings. The molecule has 94 valence electrons. The van der Waals surface area contributed by atoms with E-state index in [0.29, 0.717) is 10.6 Å². The van der Waals surface area contributed by atoms with Crippen molar-refractivity contribution in [2.24, 2.45) is 0 Å². The Labute approximate surface area is 115 Å². The molecule has 0 saturated heterocycles. The first-order valence-electron chi connectivity index (χ1n) is 5.47. The van der Waals surface area contributed by atoms with Crippen molar-refractivity contribution in [3.63, 3.8) is 0 Å². The average Bonchev–Trinajstić information content (AvgIpc) is 2.71. The molecule has 1 heterocycles. The minimum atomic E-state index is 0.0329. The number of hydrogen-bond acceptors (Lipinski definition) is 3. The number of aromatic nitrogens is 2. The van der Waals surface area contributed by atoms with Gasteiger partial charge in [0.2, 0.25) is 0 Å². The van der Waals surface area contributed by atoms with Gasteiger partial charge >= 0.3 is 0 Å². The summed E-state index contributed by atoms with van der Waals surface area (Å²) in [5.41, 5.74) is 1.50. The lowest BCUT2D eigenvalue weighted by Crippen LogP contribution is -2.12. The van der Waals surface area contributed by atoms with Crippen molar-refractivity contribution in [2.45, 2.75) is 18.4 Å². The van der Waals surface area contributed by atoms with Gasteiger partial charge in [-0.05, 0) is 25.3 Å². The SMILES string of the molecule is CSc1ccc(C(=O)Cn2ncc(Cl)c2C)cc1. The minimum Gasteiger partial charge on any atom is -0.292 e. The highest BCUT2D eigenvalue weighted by Crippen LogP contribution is 2.17. The van der Waals surface area contributed by atoms with Gasteiger partial charge in [-0.1, -0.05) is 23.7 Å². The third-order valence-corrected chi connectivity index (χ3v) is 3.86. The number of halogens is 1.